The van der Waals surface area contributed by atoms with E-state index in [2.05, 4.69) is 10.0 Å². The van der Waals surface area contributed by atoms with Gasteiger partial charge in [-0.3, -0.25) is 4.79 Å². The largest absolute Gasteiger partial charge is 0.423 e. The Balaban J connectivity index is 1.84. The molecule has 2 aromatic rings. The molecule has 0 aliphatic rings. The highest BCUT2D eigenvalue weighted by atomic mass is 32.2. The third-order valence-corrected chi connectivity index (χ3v) is 6.36. The minimum atomic E-state index is -3.36. The van der Waals surface area contributed by atoms with Crippen molar-refractivity contribution in [2.24, 2.45) is 0 Å². The van der Waals surface area contributed by atoms with Crippen molar-refractivity contribution in [1.29, 1.82) is 0 Å². The number of nitrogens with one attached hydrogen (secondary N) is 2. The molecule has 0 saturated heterocycles. The van der Waals surface area contributed by atoms with Gasteiger partial charge in [0.1, 0.15) is 5.58 Å². The topological polar surface area (TPSA) is 105 Å². The highest BCUT2D eigenvalue weighted by Gasteiger charge is 2.27. The van der Waals surface area contributed by atoms with Gasteiger partial charge in [-0.1, -0.05) is 0 Å². The van der Waals surface area contributed by atoms with Crippen molar-refractivity contribution in [3.63, 3.8) is 0 Å². The quantitative estimate of drug-likeness (QED) is 0.555. The molecule has 0 aliphatic heterocycles. The zero-order valence-electron chi connectivity index (χ0n) is 16.1. The fourth-order valence-corrected chi connectivity index (χ4v) is 3.31. The first kappa shape index (κ1) is 21.1. The van der Waals surface area contributed by atoms with E-state index < -0.39 is 20.4 Å². The molecule has 0 bridgehead atoms. The Morgan fingerprint density at radius 3 is 2.52 bits per heavy atom. The maximum absolute atomic E-state index is 12.1. The van der Waals surface area contributed by atoms with Gasteiger partial charge in [0.15, 0.2) is 0 Å². The molecular formula is C19H26N2O5S. The average Bonchev–Trinajstić information content (AvgIpc) is 2.52. The number of amides is 1. The highest BCUT2D eigenvalue weighted by Crippen LogP contribution is 2.21. The lowest BCUT2D eigenvalue weighted by Crippen LogP contribution is -2.39. The predicted molar refractivity (Wildman–Crippen MR) is 106 cm³/mol. The van der Waals surface area contributed by atoms with Crippen LogP contribution in [-0.4, -0.2) is 25.6 Å². The molecule has 0 saturated carbocycles. The normalized spacial score (nSPS) is 12.3. The SMILES string of the molecule is Cc1cc(=O)oc2cc(NC(=O)CCCCNS(=O)(=O)C(C)(C)C)ccc12. The van der Waals surface area contributed by atoms with E-state index >= 15 is 0 Å². The maximum atomic E-state index is 12.1. The summed E-state index contributed by atoms with van der Waals surface area (Å²) in [4.78, 5) is 23.5. The van der Waals surface area contributed by atoms with Crippen LogP contribution in [0, 0.1) is 6.92 Å². The molecule has 0 fully saturated rings. The van der Waals surface area contributed by atoms with Gasteiger partial charge in [-0.2, -0.15) is 0 Å². The van der Waals surface area contributed by atoms with E-state index in [-0.39, 0.29) is 12.3 Å². The lowest BCUT2D eigenvalue weighted by molar-refractivity contribution is -0.116. The summed E-state index contributed by atoms with van der Waals surface area (Å²) in [7, 11) is -3.36. The number of benzene rings is 1. The first-order valence-electron chi connectivity index (χ1n) is 8.83. The van der Waals surface area contributed by atoms with E-state index in [1.54, 1.807) is 39.0 Å². The molecule has 0 atom stereocenters. The van der Waals surface area contributed by atoms with Crippen LogP contribution in [-0.2, 0) is 14.8 Å². The minimum absolute atomic E-state index is 0.178. The van der Waals surface area contributed by atoms with E-state index in [4.69, 9.17) is 4.42 Å². The zero-order valence-corrected chi connectivity index (χ0v) is 16.9. The summed E-state index contributed by atoms with van der Waals surface area (Å²) in [5.41, 5.74) is 1.36. The highest BCUT2D eigenvalue weighted by molar-refractivity contribution is 7.90. The molecule has 27 heavy (non-hydrogen) atoms. The number of rotatable bonds is 7. The number of aryl methyl sites for hydroxylation is 1. The molecule has 2 N–H and O–H groups in total. The molecule has 2 rings (SSSR count). The summed E-state index contributed by atoms with van der Waals surface area (Å²) in [5.74, 6) is -0.178. The molecule has 0 aliphatic carbocycles. The van der Waals surface area contributed by atoms with Crippen LogP contribution in [0.1, 0.15) is 45.6 Å². The van der Waals surface area contributed by atoms with Crippen LogP contribution in [0.5, 0.6) is 0 Å². The second kappa shape index (κ2) is 8.22. The molecule has 7 nitrogen and oxygen atoms in total. The zero-order chi connectivity index (χ0) is 20.2. The molecule has 1 amide bonds. The number of fused-ring (bicyclic) bond motifs is 1. The summed E-state index contributed by atoms with van der Waals surface area (Å²) in [6, 6.07) is 6.60. The first-order chi connectivity index (χ1) is 12.5. The first-order valence-corrected chi connectivity index (χ1v) is 10.3. The Hall–Kier alpha value is -2.19. The van der Waals surface area contributed by atoms with Crippen LogP contribution >= 0.6 is 0 Å². The second-order valence-electron chi connectivity index (χ2n) is 7.47. The van der Waals surface area contributed by atoms with E-state index in [0.29, 0.717) is 30.7 Å². The van der Waals surface area contributed by atoms with Crippen molar-refractivity contribution in [3.05, 3.63) is 40.2 Å². The van der Waals surface area contributed by atoms with E-state index in [1.807, 2.05) is 6.92 Å². The van der Waals surface area contributed by atoms with Gasteiger partial charge >= 0.3 is 5.63 Å². The number of anilines is 1. The molecular weight excluding hydrogens is 368 g/mol. The van der Waals surface area contributed by atoms with Crippen LogP contribution < -0.4 is 15.7 Å². The number of carbonyl (C=O) groups excluding carboxylic acids is 1. The molecule has 0 radical (unpaired) electrons. The van der Waals surface area contributed by atoms with Crippen LogP contribution in [0.3, 0.4) is 0 Å². The molecule has 1 aromatic carbocycles. The number of carbonyl (C=O) groups is 1. The molecule has 0 spiro atoms. The van der Waals surface area contributed by atoms with E-state index in [0.717, 1.165) is 10.9 Å². The molecule has 1 heterocycles. The summed E-state index contributed by atoms with van der Waals surface area (Å²) in [6.45, 7) is 7.03. The van der Waals surface area contributed by atoms with Gasteiger partial charge in [-0.05, 0) is 58.2 Å². The summed E-state index contributed by atoms with van der Waals surface area (Å²) in [5, 5.41) is 3.58. The van der Waals surface area contributed by atoms with E-state index in [9.17, 15) is 18.0 Å². The molecule has 0 unspecified atom stereocenters. The summed E-state index contributed by atoms with van der Waals surface area (Å²) < 4.78 is 30.7. The van der Waals surface area contributed by atoms with Gasteiger partial charge in [0.05, 0.1) is 4.75 Å². The summed E-state index contributed by atoms with van der Waals surface area (Å²) >= 11 is 0. The van der Waals surface area contributed by atoms with Crippen molar-refractivity contribution < 1.29 is 17.6 Å². The van der Waals surface area contributed by atoms with Gasteiger partial charge < -0.3 is 9.73 Å². The number of unbranched alkanes of at least 4 members (excludes halogenated alkanes) is 1. The molecule has 148 valence electrons. The van der Waals surface area contributed by atoms with Crippen molar-refractivity contribution in [2.45, 2.75) is 51.7 Å². The third kappa shape index (κ3) is 5.64. The van der Waals surface area contributed by atoms with Gasteiger partial charge in [-0.15, -0.1) is 0 Å². The Kier molecular flexibility index (Phi) is 6.43. The van der Waals surface area contributed by atoms with Crippen LogP contribution in [0.2, 0.25) is 0 Å². The second-order valence-corrected chi connectivity index (χ2v) is 10.00. The Morgan fingerprint density at radius 1 is 1.15 bits per heavy atom. The van der Waals surface area contributed by atoms with Gasteiger partial charge in [0.25, 0.3) is 0 Å². The third-order valence-electron chi connectivity index (χ3n) is 4.16. The fraction of sp³-hybridized carbons (Fsp3) is 0.474. The lowest BCUT2D eigenvalue weighted by Gasteiger charge is -2.19. The van der Waals surface area contributed by atoms with Gasteiger partial charge in [0.2, 0.25) is 15.9 Å². The Labute approximate surface area is 159 Å². The van der Waals surface area contributed by atoms with Crippen molar-refractivity contribution in [2.75, 3.05) is 11.9 Å². The van der Waals surface area contributed by atoms with Crippen LogP contribution in [0.4, 0.5) is 5.69 Å². The lowest BCUT2D eigenvalue weighted by atomic mass is 10.1. The fourth-order valence-electron chi connectivity index (χ4n) is 2.46. The van der Waals surface area contributed by atoms with Crippen LogP contribution in [0.15, 0.2) is 33.5 Å². The number of hydrogen-bond acceptors (Lipinski definition) is 5. The Morgan fingerprint density at radius 2 is 1.85 bits per heavy atom. The van der Waals surface area contributed by atoms with Crippen LogP contribution in [0.25, 0.3) is 11.0 Å². The number of sulfonamides is 1. The minimum Gasteiger partial charge on any atom is -0.423 e. The standard InChI is InChI=1S/C19H26N2O5S/c1-13-11-18(23)26-16-12-14(8-9-15(13)16)21-17(22)7-5-6-10-20-27(24,25)19(2,3)4/h8-9,11-12,20H,5-7,10H2,1-4H3,(H,21,22). The average molecular weight is 394 g/mol. The van der Waals surface area contributed by atoms with Gasteiger partial charge in [-0.25, -0.2) is 17.9 Å². The Bertz CT molecular complexity index is 987. The van der Waals surface area contributed by atoms with Crippen molar-refractivity contribution in [3.8, 4) is 0 Å². The van der Waals surface area contributed by atoms with Crippen molar-refractivity contribution in [1.82, 2.24) is 4.72 Å². The predicted octanol–water partition coefficient (Wildman–Crippen LogP) is 2.93. The monoisotopic (exact) mass is 394 g/mol. The number of hydrogen-bond donors (Lipinski definition) is 2. The molecule has 8 heteroatoms. The maximum Gasteiger partial charge on any atom is 0.336 e. The van der Waals surface area contributed by atoms with Crippen molar-refractivity contribution >= 4 is 32.6 Å². The van der Waals surface area contributed by atoms with E-state index in [1.165, 1.54) is 6.07 Å². The molecule has 1 aromatic heterocycles. The summed E-state index contributed by atoms with van der Waals surface area (Å²) in [6.07, 6.45) is 1.39. The smallest absolute Gasteiger partial charge is 0.336 e. The van der Waals surface area contributed by atoms with Gasteiger partial charge in [0, 0.05) is 36.2 Å².